The normalized spacial score (nSPS) is 13.9. The molecule has 0 spiro atoms. The summed E-state index contributed by atoms with van der Waals surface area (Å²) in [6, 6.07) is 15.1. The molecule has 35 heavy (non-hydrogen) atoms. The highest BCUT2D eigenvalue weighted by molar-refractivity contribution is 5.86. The third-order valence-corrected chi connectivity index (χ3v) is 6.26. The number of nitrogens with zero attached hydrogens (tertiary/aromatic N) is 2. The van der Waals surface area contributed by atoms with Crippen molar-refractivity contribution in [3.8, 4) is 11.1 Å². The van der Waals surface area contributed by atoms with Crippen molar-refractivity contribution in [2.75, 3.05) is 20.2 Å². The number of ether oxygens (including phenoxy) is 1. The number of aromatic amines is 1. The van der Waals surface area contributed by atoms with Crippen molar-refractivity contribution in [1.82, 2.24) is 20.2 Å². The molecule has 1 aromatic heterocycles. The van der Waals surface area contributed by atoms with Crippen LogP contribution in [0.1, 0.15) is 29.7 Å². The Balaban J connectivity index is 1.44. The predicted molar refractivity (Wildman–Crippen MR) is 129 cm³/mol. The molecule has 9 nitrogen and oxygen atoms in total. The summed E-state index contributed by atoms with van der Waals surface area (Å²) in [6.45, 7) is 1.66. The van der Waals surface area contributed by atoms with Gasteiger partial charge in [-0.2, -0.15) is 0 Å². The summed E-state index contributed by atoms with van der Waals surface area (Å²) in [4.78, 5) is 45.3. The Hall–Kier alpha value is -4.14. The molecule has 1 aliphatic carbocycles. The average Bonchev–Trinajstić information content (AvgIpc) is 3.47. The van der Waals surface area contributed by atoms with Gasteiger partial charge in [0.2, 0.25) is 5.91 Å². The Bertz CT molecular complexity index is 1160. The first-order valence-electron chi connectivity index (χ1n) is 11.4. The molecular formula is C26H28N4O5. The SMILES string of the molecule is CC(CN(C)C(=O)C(Cc1cnc[nH]1)NC(=O)OCC1c2ccccc2-c2ccccc21)C(=O)O. The molecule has 2 amide bonds. The van der Waals surface area contributed by atoms with E-state index in [-0.39, 0.29) is 25.5 Å². The molecule has 2 aromatic carbocycles. The summed E-state index contributed by atoms with van der Waals surface area (Å²) in [5, 5.41) is 11.8. The highest BCUT2D eigenvalue weighted by Crippen LogP contribution is 2.44. The third kappa shape index (κ3) is 5.34. The lowest BCUT2D eigenvalue weighted by Crippen LogP contribution is -2.50. The monoisotopic (exact) mass is 476 g/mol. The van der Waals surface area contributed by atoms with Gasteiger partial charge in [0.15, 0.2) is 0 Å². The van der Waals surface area contributed by atoms with Gasteiger partial charge in [0.1, 0.15) is 12.6 Å². The molecule has 2 unspecified atom stereocenters. The van der Waals surface area contributed by atoms with Gasteiger partial charge in [0, 0.05) is 37.8 Å². The molecule has 0 fully saturated rings. The second-order valence-corrected chi connectivity index (χ2v) is 8.76. The highest BCUT2D eigenvalue weighted by atomic mass is 16.5. The van der Waals surface area contributed by atoms with Gasteiger partial charge in [-0.1, -0.05) is 55.5 Å². The molecule has 1 heterocycles. The fourth-order valence-corrected chi connectivity index (χ4v) is 4.44. The van der Waals surface area contributed by atoms with Crippen molar-refractivity contribution in [3.05, 3.63) is 77.9 Å². The van der Waals surface area contributed by atoms with Crippen molar-refractivity contribution < 1.29 is 24.2 Å². The molecule has 1 aliphatic rings. The van der Waals surface area contributed by atoms with Gasteiger partial charge in [-0.3, -0.25) is 9.59 Å². The van der Waals surface area contributed by atoms with Crippen LogP contribution in [0.3, 0.4) is 0 Å². The maximum Gasteiger partial charge on any atom is 0.407 e. The smallest absolute Gasteiger partial charge is 0.407 e. The number of alkyl carbamates (subject to hydrolysis) is 1. The van der Waals surface area contributed by atoms with Crippen LogP contribution in [0.25, 0.3) is 11.1 Å². The van der Waals surface area contributed by atoms with Crippen molar-refractivity contribution in [2.45, 2.75) is 25.3 Å². The Morgan fingerprint density at radius 3 is 2.31 bits per heavy atom. The number of amides is 2. The molecule has 9 heteroatoms. The van der Waals surface area contributed by atoms with E-state index in [9.17, 15) is 19.5 Å². The molecule has 2 atom stereocenters. The van der Waals surface area contributed by atoms with Crippen LogP contribution in [-0.2, 0) is 20.7 Å². The zero-order valence-electron chi connectivity index (χ0n) is 19.6. The minimum atomic E-state index is -1.00. The number of hydrogen-bond donors (Lipinski definition) is 3. The number of hydrogen-bond acceptors (Lipinski definition) is 5. The Morgan fingerprint density at radius 1 is 1.11 bits per heavy atom. The molecule has 0 radical (unpaired) electrons. The number of H-pyrrole nitrogens is 1. The number of fused-ring (bicyclic) bond motifs is 3. The zero-order valence-corrected chi connectivity index (χ0v) is 19.6. The summed E-state index contributed by atoms with van der Waals surface area (Å²) < 4.78 is 5.60. The second-order valence-electron chi connectivity index (χ2n) is 8.76. The van der Waals surface area contributed by atoms with Crippen LogP contribution in [0.15, 0.2) is 61.1 Å². The van der Waals surface area contributed by atoms with Crippen molar-refractivity contribution in [2.24, 2.45) is 5.92 Å². The van der Waals surface area contributed by atoms with Crippen LogP contribution in [-0.4, -0.2) is 64.2 Å². The van der Waals surface area contributed by atoms with Crippen LogP contribution in [0.4, 0.5) is 4.79 Å². The van der Waals surface area contributed by atoms with Crippen LogP contribution >= 0.6 is 0 Å². The van der Waals surface area contributed by atoms with E-state index < -0.39 is 29.9 Å². The number of rotatable bonds is 9. The average molecular weight is 477 g/mol. The first-order valence-corrected chi connectivity index (χ1v) is 11.4. The number of benzene rings is 2. The zero-order chi connectivity index (χ0) is 24.9. The molecule has 3 N–H and O–H groups in total. The van der Waals surface area contributed by atoms with E-state index in [4.69, 9.17) is 4.74 Å². The molecule has 3 aromatic rings. The van der Waals surface area contributed by atoms with Crippen LogP contribution in [0, 0.1) is 5.92 Å². The number of nitrogens with one attached hydrogen (secondary N) is 2. The van der Waals surface area contributed by atoms with Gasteiger partial charge in [-0.25, -0.2) is 9.78 Å². The fourth-order valence-electron chi connectivity index (χ4n) is 4.44. The summed E-state index contributed by atoms with van der Waals surface area (Å²) >= 11 is 0. The van der Waals surface area contributed by atoms with E-state index in [1.165, 1.54) is 25.2 Å². The largest absolute Gasteiger partial charge is 0.481 e. The first-order chi connectivity index (χ1) is 16.8. The Labute approximate surface area is 203 Å². The van der Waals surface area contributed by atoms with E-state index in [0.717, 1.165) is 22.3 Å². The quantitative estimate of drug-likeness (QED) is 0.436. The highest BCUT2D eigenvalue weighted by Gasteiger charge is 2.31. The van der Waals surface area contributed by atoms with Gasteiger partial charge >= 0.3 is 12.1 Å². The molecule has 182 valence electrons. The third-order valence-electron chi connectivity index (χ3n) is 6.26. The second kappa shape index (κ2) is 10.4. The topological polar surface area (TPSA) is 125 Å². The van der Waals surface area contributed by atoms with Gasteiger partial charge in [-0.05, 0) is 22.3 Å². The number of aromatic nitrogens is 2. The van der Waals surface area contributed by atoms with Gasteiger partial charge in [-0.15, -0.1) is 0 Å². The van der Waals surface area contributed by atoms with Gasteiger partial charge < -0.3 is 25.0 Å². The van der Waals surface area contributed by atoms with Crippen molar-refractivity contribution in [3.63, 3.8) is 0 Å². The number of likely N-dealkylation sites (N-methyl/N-ethyl adjacent to an activating group) is 1. The summed E-state index contributed by atoms with van der Waals surface area (Å²) in [5.41, 5.74) is 5.09. The molecule has 0 saturated heterocycles. The number of aliphatic carboxylic acids is 1. The Morgan fingerprint density at radius 2 is 1.74 bits per heavy atom. The standard InChI is InChI=1S/C26H28N4O5/c1-16(25(32)33)13-30(2)24(31)23(11-17-12-27-15-28-17)29-26(34)35-14-22-20-9-5-3-7-18(20)19-8-4-6-10-21(19)22/h3-10,12,15-16,22-23H,11,13-14H2,1-2H3,(H,27,28)(H,29,34)(H,32,33). The number of imidazole rings is 1. The van der Waals surface area contributed by atoms with Crippen LogP contribution in [0.2, 0.25) is 0 Å². The van der Waals surface area contributed by atoms with E-state index in [0.29, 0.717) is 5.69 Å². The van der Waals surface area contributed by atoms with E-state index in [2.05, 4.69) is 27.4 Å². The first kappa shape index (κ1) is 24.0. The number of carboxylic acids is 1. The van der Waals surface area contributed by atoms with Crippen molar-refractivity contribution >= 4 is 18.0 Å². The Kier molecular flexibility index (Phi) is 7.14. The lowest BCUT2D eigenvalue weighted by molar-refractivity contribution is -0.143. The van der Waals surface area contributed by atoms with Crippen molar-refractivity contribution in [1.29, 1.82) is 0 Å². The van der Waals surface area contributed by atoms with Crippen LogP contribution < -0.4 is 5.32 Å². The molecule has 4 rings (SSSR count). The maximum atomic E-state index is 13.1. The minimum absolute atomic E-state index is 0.0139. The molecule has 0 bridgehead atoms. The molecular weight excluding hydrogens is 448 g/mol. The summed E-state index contributed by atoms with van der Waals surface area (Å²) in [6.07, 6.45) is 2.50. The molecule has 0 saturated carbocycles. The predicted octanol–water partition coefficient (Wildman–Crippen LogP) is 3.04. The summed E-state index contributed by atoms with van der Waals surface area (Å²) in [5.74, 6) is -2.26. The number of carboxylic acid groups (broad SMARTS) is 1. The summed E-state index contributed by atoms with van der Waals surface area (Å²) in [7, 11) is 1.52. The van der Waals surface area contributed by atoms with E-state index in [1.54, 1.807) is 6.20 Å². The van der Waals surface area contributed by atoms with E-state index in [1.807, 2.05) is 36.4 Å². The van der Waals surface area contributed by atoms with Gasteiger partial charge in [0.25, 0.3) is 0 Å². The number of carbonyl (C=O) groups is 3. The minimum Gasteiger partial charge on any atom is -0.481 e. The maximum absolute atomic E-state index is 13.1. The van der Waals surface area contributed by atoms with E-state index >= 15 is 0 Å². The lowest BCUT2D eigenvalue weighted by Gasteiger charge is -2.25. The van der Waals surface area contributed by atoms with Gasteiger partial charge in [0.05, 0.1) is 12.2 Å². The molecule has 0 aliphatic heterocycles. The fraction of sp³-hybridized carbons (Fsp3) is 0.308. The lowest BCUT2D eigenvalue weighted by atomic mass is 9.98. The van der Waals surface area contributed by atoms with Crippen LogP contribution in [0.5, 0.6) is 0 Å². The number of carbonyl (C=O) groups excluding carboxylic acids is 2.